The lowest BCUT2D eigenvalue weighted by Crippen LogP contribution is -2.21. The molecule has 0 saturated heterocycles. The number of hydrogen-bond acceptors (Lipinski definition) is 9. The fraction of sp³-hybridized carbons (Fsp3) is 0.242. The molecule has 0 spiro atoms. The molecule has 2 N–H and O–H groups in total. The third kappa shape index (κ3) is 6.01. The van der Waals surface area contributed by atoms with Gasteiger partial charge < -0.3 is 34.1 Å². The van der Waals surface area contributed by atoms with Crippen molar-refractivity contribution >= 4 is 28.0 Å². The van der Waals surface area contributed by atoms with Gasteiger partial charge in [-0.3, -0.25) is 14.2 Å². The van der Waals surface area contributed by atoms with Gasteiger partial charge in [-0.05, 0) is 59.5 Å². The van der Waals surface area contributed by atoms with Crippen LogP contribution in [0.4, 0.5) is 17.2 Å². The summed E-state index contributed by atoms with van der Waals surface area (Å²) < 4.78 is 19.1. The van der Waals surface area contributed by atoms with Crippen molar-refractivity contribution in [2.75, 3.05) is 51.7 Å². The van der Waals surface area contributed by atoms with Gasteiger partial charge in [-0.2, -0.15) is 4.98 Å². The monoisotopic (exact) mass is 597 g/mol. The number of ether oxygens (including phenoxy) is 3. The summed E-state index contributed by atoms with van der Waals surface area (Å²) in [4.78, 5) is 33.2. The van der Waals surface area contributed by atoms with Gasteiger partial charge in [-0.15, -0.1) is 0 Å². The van der Waals surface area contributed by atoms with Crippen LogP contribution in [0.5, 0.6) is 11.6 Å². The smallest absolute Gasteiger partial charge is 0.274 e. The molecule has 3 aromatic heterocycles. The summed E-state index contributed by atoms with van der Waals surface area (Å²) in [6, 6.07) is 18.1. The number of aliphatic hydroxyl groups excluding tert-OH is 1. The first-order chi connectivity index (χ1) is 21.2. The highest BCUT2D eigenvalue weighted by Crippen LogP contribution is 2.31. The lowest BCUT2D eigenvalue weighted by molar-refractivity contribution is 0.141. The average Bonchev–Trinajstić information content (AvgIpc) is 3.03. The van der Waals surface area contributed by atoms with E-state index < -0.39 is 0 Å². The van der Waals surface area contributed by atoms with Crippen molar-refractivity contribution in [3.8, 4) is 28.4 Å². The van der Waals surface area contributed by atoms with Crippen LogP contribution >= 0.6 is 0 Å². The molecule has 3 heterocycles. The van der Waals surface area contributed by atoms with Gasteiger partial charge in [0.25, 0.3) is 17.0 Å². The summed E-state index contributed by atoms with van der Waals surface area (Å²) in [5.74, 6) is 1.08. The van der Waals surface area contributed by atoms with E-state index in [1.165, 1.54) is 11.7 Å². The van der Waals surface area contributed by atoms with Crippen LogP contribution < -0.4 is 30.8 Å². The van der Waals surface area contributed by atoms with Gasteiger partial charge in [0.1, 0.15) is 18.1 Å². The molecule has 0 aliphatic heterocycles. The van der Waals surface area contributed by atoms with Crippen LogP contribution in [0, 0.1) is 0 Å². The molecule has 0 saturated carbocycles. The lowest BCUT2D eigenvalue weighted by Gasteiger charge is -2.18. The first-order valence-corrected chi connectivity index (χ1v) is 14.0. The Bertz CT molecular complexity index is 1930. The Labute approximate surface area is 254 Å². The zero-order valence-corrected chi connectivity index (χ0v) is 25.3. The number of aromatic nitrogens is 3. The van der Waals surface area contributed by atoms with Crippen LogP contribution in [-0.4, -0.2) is 60.8 Å². The molecule has 0 radical (unpaired) electrons. The molecule has 0 bridgehead atoms. The molecule has 0 atom stereocenters. The summed E-state index contributed by atoms with van der Waals surface area (Å²) in [6.45, 7) is 0.321. The van der Waals surface area contributed by atoms with E-state index in [9.17, 15) is 14.7 Å². The topological polar surface area (TPSA) is 120 Å². The lowest BCUT2D eigenvalue weighted by atomic mass is 9.99. The predicted octanol–water partition coefficient (Wildman–Crippen LogP) is 4.09. The third-order valence-corrected chi connectivity index (χ3v) is 7.30. The number of anilines is 3. The third-order valence-electron chi connectivity index (χ3n) is 7.30. The minimum Gasteiger partial charge on any atom is -0.491 e. The Morgan fingerprint density at radius 2 is 1.80 bits per heavy atom. The van der Waals surface area contributed by atoms with Gasteiger partial charge in [0, 0.05) is 62.8 Å². The van der Waals surface area contributed by atoms with E-state index in [-0.39, 0.29) is 35.9 Å². The maximum absolute atomic E-state index is 13.6. The van der Waals surface area contributed by atoms with Gasteiger partial charge in [0.05, 0.1) is 26.0 Å². The van der Waals surface area contributed by atoms with E-state index in [0.29, 0.717) is 45.9 Å². The summed E-state index contributed by atoms with van der Waals surface area (Å²) in [5, 5.41) is 15.1. The average molecular weight is 598 g/mol. The quantitative estimate of drug-likeness (QED) is 0.217. The van der Waals surface area contributed by atoms with Crippen molar-refractivity contribution < 1.29 is 19.3 Å². The van der Waals surface area contributed by atoms with Gasteiger partial charge in [0.2, 0.25) is 0 Å². The number of hydrogen-bond donors (Lipinski definition) is 2. The van der Waals surface area contributed by atoms with Crippen molar-refractivity contribution in [3.05, 3.63) is 99.3 Å². The van der Waals surface area contributed by atoms with Gasteiger partial charge >= 0.3 is 0 Å². The largest absolute Gasteiger partial charge is 0.491 e. The summed E-state index contributed by atoms with van der Waals surface area (Å²) in [7, 11) is 8.65. The zero-order valence-electron chi connectivity index (χ0n) is 25.3. The number of benzene rings is 2. The van der Waals surface area contributed by atoms with Gasteiger partial charge in [-0.1, -0.05) is 12.1 Å². The van der Waals surface area contributed by atoms with Crippen LogP contribution in [0.15, 0.2) is 82.6 Å². The van der Waals surface area contributed by atoms with Crippen LogP contribution in [0.1, 0.15) is 5.56 Å². The SMILES string of the molecule is COCCOc1nc(Nc2cc(-c3cccc(-n4ccc5cc(N(C)C)ccc5c4=O)c3CO)cn(C)c2=O)ccc1OC. The Hall–Kier alpha value is -5.13. The molecule has 0 aliphatic carbocycles. The minimum atomic E-state index is -0.330. The fourth-order valence-corrected chi connectivity index (χ4v) is 5.00. The Balaban J connectivity index is 1.56. The molecular weight excluding hydrogens is 562 g/mol. The summed E-state index contributed by atoms with van der Waals surface area (Å²) in [5.41, 5.74) is 3.20. The molecule has 2 aromatic carbocycles. The first-order valence-electron chi connectivity index (χ1n) is 14.0. The van der Waals surface area contributed by atoms with E-state index in [0.717, 1.165) is 11.1 Å². The Morgan fingerprint density at radius 1 is 0.977 bits per heavy atom. The molecule has 11 nitrogen and oxygen atoms in total. The Morgan fingerprint density at radius 3 is 2.52 bits per heavy atom. The summed E-state index contributed by atoms with van der Waals surface area (Å²) in [6.07, 6.45) is 3.41. The fourth-order valence-electron chi connectivity index (χ4n) is 5.00. The minimum absolute atomic E-state index is 0.198. The number of rotatable bonds is 11. The van der Waals surface area contributed by atoms with Crippen LogP contribution in [-0.2, 0) is 18.4 Å². The Kier molecular flexibility index (Phi) is 8.98. The van der Waals surface area contributed by atoms with Gasteiger partial charge in [0.15, 0.2) is 5.75 Å². The molecule has 44 heavy (non-hydrogen) atoms. The second-order valence-corrected chi connectivity index (χ2v) is 10.3. The van der Waals surface area contributed by atoms with Crippen LogP contribution in [0.2, 0.25) is 0 Å². The molecule has 11 heteroatoms. The maximum Gasteiger partial charge on any atom is 0.274 e. The van der Waals surface area contributed by atoms with E-state index in [1.807, 2.05) is 55.4 Å². The van der Waals surface area contributed by atoms with Crippen molar-refractivity contribution in [1.82, 2.24) is 14.1 Å². The highest BCUT2D eigenvalue weighted by atomic mass is 16.5. The van der Waals surface area contributed by atoms with Crippen molar-refractivity contribution in [2.45, 2.75) is 6.61 Å². The van der Waals surface area contributed by atoms with Crippen molar-refractivity contribution in [3.63, 3.8) is 0 Å². The molecule has 0 unspecified atom stereocenters. The maximum atomic E-state index is 13.6. The number of nitrogens with zero attached hydrogens (tertiary/aromatic N) is 4. The second kappa shape index (κ2) is 13.0. The first kappa shape index (κ1) is 30.3. The molecule has 5 aromatic rings. The molecule has 0 aliphatic rings. The van der Waals surface area contributed by atoms with Crippen molar-refractivity contribution in [2.24, 2.45) is 7.05 Å². The number of aliphatic hydroxyl groups is 1. The van der Waals surface area contributed by atoms with Crippen LogP contribution in [0.3, 0.4) is 0 Å². The molecular formula is C33H35N5O6. The number of aryl methyl sites for hydroxylation is 1. The number of methoxy groups -OCH3 is 2. The number of pyridine rings is 3. The zero-order chi connectivity index (χ0) is 31.4. The highest BCUT2D eigenvalue weighted by Gasteiger charge is 2.17. The highest BCUT2D eigenvalue weighted by molar-refractivity contribution is 5.85. The van der Waals surface area contributed by atoms with Gasteiger partial charge in [-0.25, -0.2) is 0 Å². The van der Waals surface area contributed by atoms with E-state index in [4.69, 9.17) is 14.2 Å². The summed E-state index contributed by atoms with van der Waals surface area (Å²) >= 11 is 0. The normalized spacial score (nSPS) is 11.0. The molecule has 0 fully saturated rings. The van der Waals surface area contributed by atoms with Crippen molar-refractivity contribution in [1.29, 1.82) is 0 Å². The van der Waals surface area contributed by atoms with E-state index >= 15 is 0 Å². The van der Waals surface area contributed by atoms with Crippen LogP contribution in [0.25, 0.3) is 27.6 Å². The standard InChI is InChI=1S/C33H35N5O6/c1-36(2)23-9-10-25-21(17-23)13-14-38(32(25)40)28-8-6-7-24(26(28)20-39)22-18-27(33(41)37(3)19-22)34-30-12-11-29(43-5)31(35-30)44-16-15-42-4/h6-14,17-19,39H,15-16,20H2,1-5H3,(H,34,35). The number of nitrogens with one attached hydrogen (secondary N) is 1. The molecule has 228 valence electrons. The van der Waals surface area contributed by atoms with E-state index in [1.54, 1.807) is 55.4 Å². The number of fused-ring (bicyclic) bond motifs is 1. The molecule has 5 rings (SSSR count). The predicted molar refractivity (Wildman–Crippen MR) is 172 cm³/mol. The second-order valence-electron chi connectivity index (χ2n) is 10.3. The van der Waals surface area contributed by atoms with E-state index in [2.05, 4.69) is 10.3 Å². The molecule has 0 amide bonds.